The van der Waals surface area contributed by atoms with Crippen LogP contribution in [0.5, 0.6) is 0 Å². The summed E-state index contributed by atoms with van der Waals surface area (Å²) in [5.74, 6) is 0.592. The SMILES string of the molecule is CCc1ccc([C@@H](NC(=O)CSc2nnnn2C)C(C)C)cc1. The fourth-order valence-corrected chi connectivity index (χ4v) is 2.95. The largest absolute Gasteiger partial charge is 0.348 e. The minimum Gasteiger partial charge on any atom is -0.348 e. The molecule has 0 spiro atoms. The lowest BCUT2D eigenvalue weighted by Gasteiger charge is -2.23. The van der Waals surface area contributed by atoms with Crippen LogP contribution < -0.4 is 5.32 Å². The molecule has 1 atom stereocenters. The Morgan fingerprint density at radius 3 is 2.52 bits per heavy atom. The third-order valence-electron chi connectivity index (χ3n) is 3.64. The number of tetrazole rings is 1. The van der Waals surface area contributed by atoms with Gasteiger partial charge in [-0.25, -0.2) is 4.68 Å². The molecular formula is C16H23N5OS. The summed E-state index contributed by atoms with van der Waals surface area (Å²) in [5, 5.41) is 14.9. The molecule has 7 heteroatoms. The van der Waals surface area contributed by atoms with Gasteiger partial charge in [0.15, 0.2) is 0 Å². The number of hydrogen-bond donors (Lipinski definition) is 1. The molecule has 0 saturated carbocycles. The van der Waals surface area contributed by atoms with Crippen LogP contribution >= 0.6 is 11.8 Å². The third-order valence-corrected chi connectivity index (χ3v) is 4.65. The zero-order valence-electron chi connectivity index (χ0n) is 14.0. The first kappa shape index (κ1) is 17.5. The number of hydrogen-bond acceptors (Lipinski definition) is 5. The van der Waals surface area contributed by atoms with E-state index in [0.29, 0.717) is 16.8 Å². The van der Waals surface area contributed by atoms with Crippen molar-refractivity contribution in [1.29, 1.82) is 0 Å². The summed E-state index contributed by atoms with van der Waals surface area (Å²) in [6, 6.07) is 8.45. The number of benzene rings is 1. The molecule has 1 heterocycles. The van der Waals surface area contributed by atoms with E-state index in [1.165, 1.54) is 17.3 Å². The van der Waals surface area contributed by atoms with E-state index in [4.69, 9.17) is 0 Å². The molecule has 0 fully saturated rings. The smallest absolute Gasteiger partial charge is 0.230 e. The van der Waals surface area contributed by atoms with Gasteiger partial charge in [0.1, 0.15) is 0 Å². The first-order valence-electron chi connectivity index (χ1n) is 7.74. The first-order valence-corrected chi connectivity index (χ1v) is 8.73. The molecule has 0 bridgehead atoms. The molecule has 1 aromatic carbocycles. The second-order valence-corrected chi connectivity index (χ2v) is 6.70. The van der Waals surface area contributed by atoms with Crippen molar-refractivity contribution < 1.29 is 4.79 Å². The van der Waals surface area contributed by atoms with Crippen molar-refractivity contribution in [3.63, 3.8) is 0 Å². The monoisotopic (exact) mass is 333 g/mol. The number of rotatable bonds is 7. The topological polar surface area (TPSA) is 72.7 Å². The molecule has 2 rings (SSSR count). The van der Waals surface area contributed by atoms with Gasteiger partial charge in [0, 0.05) is 7.05 Å². The van der Waals surface area contributed by atoms with Crippen LogP contribution in [0.15, 0.2) is 29.4 Å². The van der Waals surface area contributed by atoms with Crippen LogP contribution in [0.3, 0.4) is 0 Å². The van der Waals surface area contributed by atoms with Crippen LogP contribution in [0.1, 0.15) is 37.9 Å². The van der Waals surface area contributed by atoms with E-state index in [1.54, 1.807) is 11.7 Å². The van der Waals surface area contributed by atoms with Crippen molar-refractivity contribution in [2.24, 2.45) is 13.0 Å². The highest BCUT2D eigenvalue weighted by atomic mass is 32.2. The van der Waals surface area contributed by atoms with Crippen molar-refractivity contribution in [1.82, 2.24) is 25.5 Å². The number of aryl methyl sites for hydroxylation is 2. The molecular weight excluding hydrogens is 310 g/mol. The maximum absolute atomic E-state index is 12.3. The molecule has 0 radical (unpaired) electrons. The Labute approximate surface area is 141 Å². The van der Waals surface area contributed by atoms with Crippen molar-refractivity contribution in [2.75, 3.05) is 5.75 Å². The Hall–Kier alpha value is -1.89. The van der Waals surface area contributed by atoms with E-state index in [1.807, 2.05) is 0 Å². The minimum absolute atomic E-state index is 0.00614. The summed E-state index contributed by atoms with van der Waals surface area (Å²) in [7, 11) is 1.76. The average Bonchev–Trinajstić information content (AvgIpc) is 2.95. The highest BCUT2D eigenvalue weighted by Crippen LogP contribution is 2.23. The van der Waals surface area contributed by atoms with Gasteiger partial charge in [0.25, 0.3) is 0 Å². The van der Waals surface area contributed by atoms with Gasteiger partial charge in [-0.15, -0.1) is 5.10 Å². The standard InChI is InChI=1S/C16H23N5OS/c1-5-12-6-8-13(9-7-12)15(11(2)3)17-14(22)10-23-16-18-19-20-21(16)4/h6-9,11,15H,5,10H2,1-4H3,(H,17,22)/t15-/m0/s1. The third kappa shape index (κ3) is 4.79. The molecule has 2 aromatic rings. The lowest BCUT2D eigenvalue weighted by Crippen LogP contribution is -2.33. The van der Waals surface area contributed by atoms with E-state index in [2.05, 4.69) is 65.9 Å². The summed E-state index contributed by atoms with van der Waals surface area (Å²) < 4.78 is 1.56. The summed E-state index contributed by atoms with van der Waals surface area (Å²) in [6.45, 7) is 6.35. The average molecular weight is 333 g/mol. The molecule has 0 aliphatic carbocycles. The molecule has 0 saturated heterocycles. The van der Waals surface area contributed by atoms with Crippen molar-refractivity contribution in [2.45, 2.75) is 38.4 Å². The Morgan fingerprint density at radius 1 is 1.30 bits per heavy atom. The maximum atomic E-state index is 12.3. The van der Waals surface area contributed by atoms with Gasteiger partial charge in [-0.3, -0.25) is 4.79 Å². The van der Waals surface area contributed by atoms with E-state index >= 15 is 0 Å². The van der Waals surface area contributed by atoms with Crippen LogP contribution in [0.4, 0.5) is 0 Å². The van der Waals surface area contributed by atoms with Gasteiger partial charge in [0.2, 0.25) is 11.1 Å². The molecule has 1 amide bonds. The fraction of sp³-hybridized carbons (Fsp3) is 0.500. The Morgan fingerprint density at radius 2 is 2.00 bits per heavy atom. The maximum Gasteiger partial charge on any atom is 0.230 e. The number of carbonyl (C=O) groups is 1. The molecule has 23 heavy (non-hydrogen) atoms. The van der Waals surface area contributed by atoms with Crippen molar-refractivity contribution >= 4 is 17.7 Å². The normalized spacial score (nSPS) is 12.4. The summed E-state index contributed by atoms with van der Waals surface area (Å²) in [4.78, 5) is 12.3. The van der Waals surface area contributed by atoms with Gasteiger partial charge in [-0.05, 0) is 33.9 Å². The number of amides is 1. The summed E-state index contributed by atoms with van der Waals surface area (Å²) in [5.41, 5.74) is 2.43. The number of nitrogens with one attached hydrogen (secondary N) is 1. The van der Waals surface area contributed by atoms with Crippen LogP contribution in [0.2, 0.25) is 0 Å². The van der Waals surface area contributed by atoms with E-state index in [0.717, 1.165) is 12.0 Å². The van der Waals surface area contributed by atoms with Gasteiger partial charge in [-0.1, -0.05) is 56.8 Å². The lowest BCUT2D eigenvalue weighted by molar-refractivity contribution is -0.119. The van der Waals surface area contributed by atoms with Gasteiger partial charge in [-0.2, -0.15) is 0 Å². The molecule has 0 aliphatic rings. The van der Waals surface area contributed by atoms with Crippen molar-refractivity contribution in [3.05, 3.63) is 35.4 Å². The molecule has 6 nitrogen and oxygen atoms in total. The summed E-state index contributed by atoms with van der Waals surface area (Å²) in [6.07, 6.45) is 1.02. The second kappa shape index (κ2) is 8.10. The predicted octanol–water partition coefficient (Wildman–Crippen LogP) is 2.38. The van der Waals surface area contributed by atoms with E-state index in [-0.39, 0.29) is 11.9 Å². The second-order valence-electron chi connectivity index (χ2n) is 5.76. The minimum atomic E-state index is -0.0173. The van der Waals surface area contributed by atoms with Crippen LogP contribution in [-0.2, 0) is 18.3 Å². The quantitative estimate of drug-likeness (QED) is 0.788. The molecule has 124 valence electrons. The van der Waals surface area contributed by atoms with Crippen LogP contribution in [0.25, 0.3) is 0 Å². The molecule has 1 N–H and O–H groups in total. The highest BCUT2D eigenvalue weighted by Gasteiger charge is 2.19. The molecule has 0 aliphatic heterocycles. The number of thioether (sulfide) groups is 1. The fourth-order valence-electron chi connectivity index (χ4n) is 2.28. The van der Waals surface area contributed by atoms with Gasteiger partial charge < -0.3 is 5.32 Å². The Kier molecular flexibility index (Phi) is 6.15. The van der Waals surface area contributed by atoms with Crippen molar-refractivity contribution in [3.8, 4) is 0 Å². The first-order chi connectivity index (χ1) is 11.0. The summed E-state index contributed by atoms with van der Waals surface area (Å²) >= 11 is 1.33. The lowest BCUT2D eigenvalue weighted by atomic mass is 9.95. The van der Waals surface area contributed by atoms with Crippen LogP contribution in [-0.4, -0.2) is 31.9 Å². The number of nitrogens with zero attached hydrogens (tertiary/aromatic N) is 4. The zero-order chi connectivity index (χ0) is 16.8. The number of aromatic nitrogens is 4. The zero-order valence-corrected chi connectivity index (χ0v) is 14.8. The number of carbonyl (C=O) groups excluding carboxylic acids is 1. The molecule has 0 unspecified atom stereocenters. The van der Waals surface area contributed by atoms with Crippen LogP contribution in [0, 0.1) is 5.92 Å². The Bertz CT molecular complexity index is 638. The van der Waals surface area contributed by atoms with E-state index in [9.17, 15) is 4.79 Å². The van der Waals surface area contributed by atoms with Gasteiger partial charge >= 0.3 is 0 Å². The highest BCUT2D eigenvalue weighted by molar-refractivity contribution is 7.99. The predicted molar refractivity (Wildman–Crippen MR) is 91.1 cm³/mol. The van der Waals surface area contributed by atoms with Gasteiger partial charge in [0.05, 0.1) is 11.8 Å². The van der Waals surface area contributed by atoms with E-state index < -0.39 is 0 Å². The molecule has 1 aromatic heterocycles. The Balaban J connectivity index is 1.98.